The van der Waals surface area contributed by atoms with Crippen molar-refractivity contribution in [3.63, 3.8) is 0 Å². The molecule has 0 bridgehead atoms. The predicted molar refractivity (Wildman–Crippen MR) is 112 cm³/mol. The maximum absolute atomic E-state index is 12.8. The molecule has 2 aromatic carbocycles. The van der Waals surface area contributed by atoms with E-state index in [1.54, 1.807) is 16.7 Å². The van der Waals surface area contributed by atoms with E-state index in [0.29, 0.717) is 32.2 Å². The average Bonchev–Trinajstić information content (AvgIpc) is 2.74. The number of anilines is 1. The molecular formula is C19H20F3N3O4S2. The van der Waals surface area contributed by atoms with Crippen LogP contribution in [0.25, 0.3) is 0 Å². The molecule has 1 saturated heterocycles. The number of rotatable bonds is 7. The van der Waals surface area contributed by atoms with E-state index in [9.17, 15) is 31.7 Å². The zero-order chi connectivity index (χ0) is 22.6. The molecule has 0 N–H and O–H groups in total. The summed E-state index contributed by atoms with van der Waals surface area (Å²) in [5.74, 6) is 0.883. The van der Waals surface area contributed by atoms with Gasteiger partial charge in [-0.05, 0) is 24.3 Å². The van der Waals surface area contributed by atoms with E-state index >= 15 is 0 Å². The highest BCUT2D eigenvalue weighted by atomic mass is 32.2. The number of alkyl halides is 3. The molecule has 168 valence electrons. The van der Waals surface area contributed by atoms with Crippen LogP contribution in [-0.4, -0.2) is 62.2 Å². The zero-order valence-corrected chi connectivity index (χ0v) is 17.9. The van der Waals surface area contributed by atoms with Gasteiger partial charge in [0.25, 0.3) is 15.5 Å². The lowest BCUT2D eigenvalue weighted by atomic mass is 10.2. The van der Waals surface area contributed by atoms with Crippen molar-refractivity contribution in [3.05, 3.63) is 58.6 Å². The summed E-state index contributed by atoms with van der Waals surface area (Å²) >= 11 is 1.73. The Kier molecular flexibility index (Phi) is 7.12. The summed E-state index contributed by atoms with van der Waals surface area (Å²) < 4.78 is 61.5. The topological polar surface area (TPSA) is 83.8 Å². The van der Waals surface area contributed by atoms with Gasteiger partial charge < -0.3 is 4.90 Å². The van der Waals surface area contributed by atoms with E-state index in [1.807, 2.05) is 30.3 Å². The lowest BCUT2D eigenvalue weighted by Crippen LogP contribution is -2.47. The molecule has 0 atom stereocenters. The third-order valence-corrected chi connectivity index (χ3v) is 7.37. The lowest BCUT2D eigenvalue weighted by Gasteiger charge is -2.35. The van der Waals surface area contributed by atoms with E-state index in [2.05, 4.69) is 4.90 Å². The van der Waals surface area contributed by atoms with E-state index in [0.717, 1.165) is 24.4 Å². The number of thioether (sulfide) groups is 1. The monoisotopic (exact) mass is 475 g/mol. The molecule has 0 saturated carbocycles. The Balaban J connectivity index is 1.65. The molecule has 2 aromatic rings. The van der Waals surface area contributed by atoms with Gasteiger partial charge in [-0.15, -0.1) is 11.8 Å². The molecule has 0 spiro atoms. The SMILES string of the molecule is O=[N+]([O-])c1cc(S(=O)(=O)C(F)(F)F)ccc1N1CCN(CCSc2ccccc2)CC1. The van der Waals surface area contributed by atoms with Gasteiger partial charge in [-0.1, -0.05) is 18.2 Å². The van der Waals surface area contributed by atoms with Gasteiger partial charge in [0.05, 0.1) is 9.82 Å². The van der Waals surface area contributed by atoms with E-state index in [1.165, 1.54) is 4.90 Å². The first-order valence-electron chi connectivity index (χ1n) is 9.34. The number of benzene rings is 2. The van der Waals surface area contributed by atoms with Gasteiger partial charge in [-0.3, -0.25) is 15.0 Å². The summed E-state index contributed by atoms with van der Waals surface area (Å²) in [6.07, 6.45) is 0. The van der Waals surface area contributed by atoms with E-state index in [-0.39, 0.29) is 5.69 Å². The second-order valence-electron chi connectivity index (χ2n) is 6.85. The molecule has 0 unspecified atom stereocenters. The quantitative estimate of drug-likeness (QED) is 0.342. The Morgan fingerprint density at radius 1 is 1.03 bits per heavy atom. The standard InChI is InChI=1S/C19H20F3N3O4S2/c20-19(21,22)31(28,29)16-6-7-17(18(14-16)25(26)27)24-10-8-23(9-11-24)12-13-30-15-4-2-1-3-5-15/h1-7,14H,8-13H2. The van der Waals surface area contributed by atoms with Crippen molar-refractivity contribution in [2.24, 2.45) is 0 Å². The number of sulfone groups is 1. The molecule has 1 aliphatic heterocycles. The van der Waals surface area contributed by atoms with Gasteiger partial charge in [0.1, 0.15) is 5.69 Å². The van der Waals surface area contributed by atoms with Crippen molar-refractivity contribution in [3.8, 4) is 0 Å². The number of halogens is 3. The fourth-order valence-electron chi connectivity index (χ4n) is 3.24. The molecule has 0 aliphatic carbocycles. The smallest absolute Gasteiger partial charge is 0.363 e. The maximum Gasteiger partial charge on any atom is 0.501 e. The van der Waals surface area contributed by atoms with Crippen LogP contribution in [0, 0.1) is 10.1 Å². The summed E-state index contributed by atoms with van der Waals surface area (Å²) in [7, 11) is -5.66. The Morgan fingerprint density at radius 2 is 1.68 bits per heavy atom. The summed E-state index contributed by atoms with van der Waals surface area (Å²) in [4.78, 5) is 14.5. The van der Waals surface area contributed by atoms with Crippen LogP contribution in [0.1, 0.15) is 0 Å². The van der Waals surface area contributed by atoms with Gasteiger partial charge in [0, 0.05) is 49.4 Å². The predicted octanol–water partition coefficient (Wildman–Crippen LogP) is 3.80. The van der Waals surface area contributed by atoms with E-state index in [4.69, 9.17) is 0 Å². The minimum atomic E-state index is -5.66. The molecule has 12 heteroatoms. The fourth-order valence-corrected chi connectivity index (χ4v) is 4.96. The minimum absolute atomic E-state index is 0.115. The Morgan fingerprint density at radius 3 is 2.26 bits per heavy atom. The van der Waals surface area contributed by atoms with Gasteiger partial charge in [0.15, 0.2) is 0 Å². The first-order chi connectivity index (χ1) is 14.6. The first kappa shape index (κ1) is 23.4. The van der Waals surface area contributed by atoms with Crippen molar-refractivity contribution < 1.29 is 26.5 Å². The largest absolute Gasteiger partial charge is 0.501 e. The average molecular weight is 476 g/mol. The summed E-state index contributed by atoms with van der Waals surface area (Å²) in [5, 5.41) is 11.4. The number of nitro benzene ring substituents is 1. The highest BCUT2D eigenvalue weighted by Gasteiger charge is 2.47. The number of nitrogens with zero attached hydrogens (tertiary/aromatic N) is 3. The van der Waals surface area contributed by atoms with Crippen LogP contribution in [0.2, 0.25) is 0 Å². The van der Waals surface area contributed by atoms with Crippen LogP contribution in [0.15, 0.2) is 58.3 Å². The van der Waals surface area contributed by atoms with E-state index < -0.39 is 30.9 Å². The molecule has 3 rings (SSSR count). The van der Waals surface area contributed by atoms with Crippen LogP contribution in [0.3, 0.4) is 0 Å². The van der Waals surface area contributed by atoms with Gasteiger partial charge in [0.2, 0.25) is 0 Å². The lowest BCUT2D eigenvalue weighted by molar-refractivity contribution is -0.384. The third kappa shape index (κ3) is 5.49. The van der Waals surface area contributed by atoms with Crippen molar-refractivity contribution in [2.45, 2.75) is 15.3 Å². The highest BCUT2D eigenvalue weighted by Crippen LogP contribution is 2.36. The molecular weight excluding hydrogens is 455 g/mol. The molecule has 1 heterocycles. The molecule has 0 amide bonds. The molecule has 1 aliphatic rings. The Hall–Kier alpha value is -2.31. The number of hydrogen-bond donors (Lipinski definition) is 0. The molecule has 7 nitrogen and oxygen atoms in total. The third-order valence-electron chi connectivity index (χ3n) is 4.89. The number of hydrogen-bond acceptors (Lipinski definition) is 7. The summed E-state index contributed by atoms with van der Waals surface area (Å²) in [5.41, 5.74) is -6.06. The van der Waals surface area contributed by atoms with Gasteiger partial charge in [-0.25, -0.2) is 8.42 Å². The van der Waals surface area contributed by atoms with Crippen LogP contribution < -0.4 is 4.90 Å². The van der Waals surface area contributed by atoms with Crippen molar-refractivity contribution >= 4 is 33.0 Å². The van der Waals surface area contributed by atoms with Crippen LogP contribution in [-0.2, 0) is 9.84 Å². The number of nitro groups is 1. The molecule has 0 aromatic heterocycles. The highest BCUT2D eigenvalue weighted by molar-refractivity contribution is 7.99. The molecule has 1 fully saturated rings. The van der Waals surface area contributed by atoms with Crippen molar-refractivity contribution in [1.29, 1.82) is 0 Å². The Labute approximate surface area is 181 Å². The number of piperazine rings is 1. The normalized spacial score (nSPS) is 15.8. The molecule has 31 heavy (non-hydrogen) atoms. The van der Waals surface area contributed by atoms with Crippen LogP contribution in [0.4, 0.5) is 24.5 Å². The zero-order valence-electron chi connectivity index (χ0n) is 16.3. The second-order valence-corrected chi connectivity index (χ2v) is 9.96. The van der Waals surface area contributed by atoms with Crippen molar-refractivity contribution in [2.75, 3.05) is 43.4 Å². The van der Waals surface area contributed by atoms with Gasteiger partial charge in [-0.2, -0.15) is 13.2 Å². The maximum atomic E-state index is 12.8. The summed E-state index contributed by atoms with van der Waals surface area (Å²) in [6, 6.07) is 12.3. The Bertz CT molecular complexity index is 1030. The first-order valence-corrected chi connectivity index (χ1v) is 11.8. The van der Waals surface area contributed by atoms with Crippen LogP contribution in [0.5, 0.6) is 0 Å². The second kappa shape index (κ2) is 9.45. The van der Waals surface area contributed by atoms with Crippen molar-refractivity contribution in [1.82, 2.24) is 4.90 Å². The minimum Gasteiger partial charge on any atom is -0.363 e. The van der Waals surface area contributed by atoms with Crippen LogP contribution >= 0.6 is 11.8 Å². The summed E-state index contributed by atoms with van der Waals surface area (Å²) in [6.45, 7) is 2.99. The molecule has 0 radical (unpaired) electrons. The van der Waals surface area contributed by atoms with Gasteiger partial charge >= 0.3 is 5.51 Å². The fraction of sp³-hybridized carbons (Fsp3) is 0.368.